The van der Waals surface area contributed by atoms with Crippen LogP contribution in [0, 0.1) is 5.82 Å². The van der Waals surface area contributed by atoms with Crippen LogP contribution < -0.4 is 9.47 Å². The summed E-state index contributed by atoms with van der Waals surface area (Å²) in [6.07, 6.45) is 1.65. The number of rotatable bonds is 10. The smallest absolute Gasteiger partial charge is 0.325 e. The number of aromatic nitrogens is 1. The van der Waals surface area contributed by atoms with E-state index < -0.39 is 11.8 Å². The predicted octanol–water partition coefficient (Wildman–Crippen LogP) is 3.63. The lowest BCUT2D eigenvalue weighted by molar-refractivity contribution is -0.147. The highest BCUT2D eigenvalue weighted by Gasteiger charge is 2.20. The standard InChI is InChI=1S/C24H25FN2O6/c1-30-17-10-16(11-18(12-17)31-2)14-27(15-24(29)32-3)23(28)9-8-22-26-13-21(33-22)19-6-4-5-7-20(19)25/h4-7,10-13H,8-9,14-15H2,1-3H3. The van der Waals surface area contributed by atoms with Gasteiger partial charge < -0.3 is 23.5 Å². The topological polar surface area (TPSA) is 91.1 Å². The van der Waals surface area contributed by atoms with Gasteiger partial charge in [-0.3, -0.25) is 9.59 Å². The number of halogens is 1. The van der Waals surface area contributed by atoms with Gasteiger partial charge in [0.1, 0.15) is 23.9 Å². The Bertz CT molecular complexity index is 1090. The average molecular weight is 456 g/mol. The number of hydrogen-bond acceptors (Lipinski definition) is 7. The van der Waals surface area contributed by atoms with E-state index in [-0.39, 0.29) is 37.6 Å². The first-order valence-electron chi connectivity index (χ1n) is 10.2. The second kappa shape index (κ2) is 11.1. The molecule has 0 unspecified atom stereocenters. The van der Waals surface area contributed by atoms with Gasteiger partial charge in [0, 0.05) is 25.5 Å². The zero-order chi connectivity index (χ0) is 23.8. The second-order valence-corrected chi connectivity index (χ2v) is 7.14. The van der Waals surface area contributed by atoms with E-state index in [1.165, 1.54) is 38.5 Å². The molecule has 0 aliphatic rings. The maximum absolute atomic E-state index is 14.0. The molecule has 3 aromatic rings. The van der Waals surface area contributed by atoms with Crippen LogP contribution in [0.2, 0.25) is 0 Å². The van der Waals surface area contributed by atoms with E-state index in [1.807, 2.05) is 0 Å². The summed E-state index contributed by atoms with van der Waals surface area (Å²) in [6.45, 7) is -0.0749. The first-order chi connectivity index (χ1) is 15.9. The first kappa shape index (κ1) is 23.8. The summed E-state index contributed by atoms with van der Waals surface area (Å²) in [4.78, 5) is 30.4. The van der Waals surface area contributed by atoms with Gasteiger partial charge in [-0.2, -0.15) is 0 Å². The van der Waals surface area contributed by atoms with Crippen LogP contribution in [0.3, 0.4) is 0 Å². The molecule has 1 amide bonds. The molecule has 1 heterocycles. The van der Waals surface area contributed by atoms with Crippen LogP contribution in [0.5, 0.6) is 11.5 Å². The summed E-state index contributed by atoms with van der Waals surface area (Å²) >= 11 is 0. The van der Waals surface area contributed by atoms with Crippen LogP contribution in [-0.2, 0) is 27.3 Å². The third kappa shape index (κ3) is 6.31. The van der Waals surface area contributed by atoms with Crippen molar-refractivity contribution in [3.05, 3.63) is 65.9 Å². The van der Waals surface area contributed by atoms with Crippen molar-refractivity contribution in [1.82, 2.24) is 9.88 Å². The number of methoxy groups -OCH3 is 3. The molecule has 174 valence electrons. The minimum atomic E-state index is -0.545. The van der Waals surface area contributed by atoms with Gasteiger partial charge in [-0.15, -0.1) is 0 Å². The van der Waals surface area contributed by atoms with Crippen molar-refractivity contribution in [3.8, 4) is 22.8 Å². The van der Waals surface area contributed by atoms with E-state index in [4.69, 9.17) is 18.6 Å². The molecule has 0 atom stereocenters. The number of amides is 1. The number of carbonyl (C=O) groups excluding carboxylic acids is 2. The number of hydrogen-bond donors (Lipinski definition) is 0. The Balaban J connectivity index is 1.71. The minimum Gasteiger partial charge on any atom is -0.497 e. The third-order valence-corrected chi connectivity index (χ3v) is 4.93. The molecule has 0 spiro atoms. The quantitative estimate of drug-likeness (QED) is 0.430. The van der Waals surface area contributed by atoms with Crippen LogP contribution >= 0.6 is 0 Å². The Labute approximate surface area is 190 Å². The highest BCUT2D eigenvalue weighted by atomic mass is 19.1. The van der Waals surface area contributed by atoms with Gasteiger partial charge in [-0.25, -0.2) is 9.37 Å². The van der Waals surface area contributed by atoms with Gasteiger partial charge in [0.15, 0.2) is 11.7 Å². The number of benzene rings is 2. The Kier molecular flexibility index (Phi) is 8.01. The molecule has 2 aromatic carbocycles. The number of carbonyl (C=O) groups is 2. The monoisotopic (exact) mass is 456 g/mol. The van der Waals surface area contributed by atoms with Gasteiger partial charge in [0.05, 0.1) is 33.1 Å². The zero-order valence-electron chi connectivity index (χ0n) is 18.7. The number of nitrogens with zero attached hydrogens (tertiary/aromatic N) is 2. The fourth-order valence-corrected chi connectivity index (χ4v) is 3.21. The first-order valence-corrected chi connectivity index (χ1v) is 10.2. The molecule has 0 N–H and O–H groups in total. The fraction of sp³-hybridized carbons (Fsp3) is 0.292. The minimum absolute atomic E-state index is 0.0370. The lowest BCUT2D eigenvalue weighted by Gasteiger charge is -2.22. The Morgan fingerprint density at radius 2 is 1.76 bits per heavy atom. The van der Waals surface area contributed by atoms with E-state index >= 15 is 0 Å². The normalized spacial score (nSPS) is 10.5. The Hall–Kier alpha value is -3.88. The van der Waals surface area contributed by atoms with Gasteiger partial charge in [0.25, 0.3) is 0 Å². The van der Waals surface area contributed by atoms with Gasteiger partial charge in [-0.1, -0.05) is 12.1 Å². The maximum Gasteiger partial charge on any atom is 0.325 e. The maximum atomic E-state index is 14.0. The molecule has 9 heteroatoms. The van der Waals surface area contributed by atoms with Crippen LogP contribution in [0.4, 0.5) is 4.39 Å². The summed E-state index contributed by atoms with van der Waals surface area (Å²) < 4.78 is 34.9. The summed E-state index contributed by atoms with van der Waals surface area (Å²) in [5.74, 6) is 0.442. The molecule has 8 nitrogen and oxygen atoms in total. The van der Waals surface area contributed by atoms with Crippen LogP contribution in [0.15, 0.2) is 53.1 Å². The van der Waals surface area contributed by atoms with E-state index in [2.05, 4.69) is 4.98 Å². The van der Waals surface area contributed by atoms with E-state index in [1.54, 1.807) is 36.4 Å². The molecule has 33 heavy (non-hydrogen) atoms. The highest BCUT2D eigenvalue weighted by molar-refractivity contribution is 5.82. The molecule has 0 aliphatic carbocycles. The van der Waals surface area contributed by atoms with E-state index in [0.717, 1.165) is 5.56 Å². The van der Waals surface area contributed by atoms with E-state index in [0.29, 0.717) is 23.0 Å². The molecular formula is C24H25FN2O6. The van der Waals surface area contributed by atoms with Crippen molar-refractivity contribution < 1.29 is 32.6 Å². The largest absolute Gasteiger partial charge is 0.497 e. The molecular weight excluding hydrogens is 431 g/mol. The lowest BCUT2D eigenvalue weighted by atomic mass is 10.1. The molecule has 0 radical (unpaired) electrons. The molecule has 0 fully saturated rings. The predicted molar refractivity (Wildman–Crippen MR) is 117 cm³/mol. The molecule has 1 aromatic heterocycles. The number of oxazole rings is 1. The van der Waals surface area contributed by atoms with Crippen molar-refractivity contribution in [3.63, 3.8) is 0 Å². The van der Waals surface area contributed by atoms with Crippen LogP contribution in [0.25, 0.3) is 11.3 Å². The van der Waals surface area contributed by atoms with Crippen molar-refractivity contribution >= 4 is 11.9 Å². The number of aryl methyl sites for hydroxylation is 1. The second-order valence-electron chi connectivity index (χ2n) is 7.14. The summed E-state index contributed by atoms with van der Waals surface area (Å²) in [7, 11) is 4.32. The SMILES string of the molecule is COC(=O)CN(Cc1cc(OC)cc(OC)c1)C(=O)CCc1ncc(-c2ccccc2F)o1. The van der Waals surface area contributed by atoms with Crippen molar-refractivity contribution in [1.29, 1.82) is 0 Å². The van der Waals surface area contributed by atoms with Gasteiger partial charge in [0.2, 0.25) is 5.91 Å². The summed E-state index contributed by atoms with van der Waals surface area (Å²) in [5, 5.41) is 0. The van der Waals surface area contributed by atoms with Crippen molar-refractivity contribution in [2.75, 3.05) is 27.9 Å². The number of ether oxygens (including phenoxy) is 3. The third-order valence-electron chi connectivity index (χ3n) is 4.93. The summed E-state index contributed by atoms with van der Waals surface area (Å²) in [5.41, 5.74) is 1.02. The summed E-state index contributed by atoms with van der Waals surface area (Å²) in [6, 6.07) is 11.4. The molecule has 3 rings (SSSR count). The molecule has 0 aliphatic heterocycles. The van der Waals surface area contributed by atoms with Crippen molar-refractivity contribution in [2.24, 2.45) is 0 Å². The fourth-order valence-electron chi connectivity index (χ4n) is 3.21. The van der Waals surface area contributed by atoms with E-state index in [9.17, 15) is 14.0 Å². The number of esters is 1. The van der Waals surface area contributed by atoms with Crippen molar-refractivity contribution in [2.45, 2.75) is 19.4 Å². The zero-order valence-corrected chi connectivity index (χ0v) is 18.7. The lowest BCUT2D eigenvalue weighted by Crippen LogP contribution is -2.36. The molecule has 0 saturated heterocycles. The van der Waals surface area contributed by atoms with Crippen LogP contribution in [0.1, 0.15) is 17.9 Å². The van der Waals surface area contributed by atoms with Gasteiger partial charge in [-0.05, 0) is 29.8 Å². The molecule has 0 bridgehead atoms. The average Bonchev–Trinajstić information content (AvgIpc) is 3.30. The molecule has 0 saturated carbocycles. The Morgan fingerprint density at radius 3 is 2.39 bits per heavy atom. The van der Waals surface area contributed by atoms with Gasteiger partial charge >= 0.3 is 5.97 Å². The van der Waals surface area contributed by atoms with Crippen LogP contribution in [-0.4, -0.2) is 49.6 Å². The Morgan fingerprint density at radius 1 is 1.06 bits per heavy atom. The highest BCUT2D eigenvalue weighted by Crippen LogP contribution is 2.25.